The van der Waals surface area contributed by atoms with E-state index in [-0.39, 0.29) is 48.1 Å². The molecule has 1 atom stereocenters. The van der Waals surface area contributed by atoms with Crippen LogP contribution < -0.4 is 29.9 Å². The molecular formula is C44H50ClN9O7. The number of fused-ring (bicyclic) bond motifs is 1. The van der Waals surface area contributed by atoms with E-state index >= 15 is 0 Å². The summed E-state index contributed by atoms with van der Waals surface area (Å²) in [6, 6.07) is 13.3. The average Bonchev–Trinajstić information content (AvgIpc) is 3.50. The van der Waals surface area contributed by atoms with E-state index in [2.05, 4.69) is 41.6 Å². The van der Waals surface area contributed by atoms with Crippen LogP contribution in [0.5, 0.6) is 11.5 Å². The molecule has 2 N–H and O–H groups in total. The molecule has 16 nitrogen and oxygen atoms in total. The number of anilines is 2. The van der Waals surface area contributed by atoms with Crippen LogP contribution in [-0.2, 0) is 9.59 Å². The lowest BCUT2D eigenvalue weighted by atomic mass is 9.93. The molecule has 0 bridgehead atoms. The van der Waals surface area contributed by atoms with E-state index in [1.54, 1.807) is 30.3 Å². The summed E-state index contributed by atoms with van der Waals surface area (Å²) in [6.07, 6.45) is 5.05. The Kier molecular flexibility index (Phi) is 12.4. The summed E-state index contributed by atoms with van der Waals surface area (Å²) < 4.78 is 12.2. The highest BCUT2D eigenvalue weighted by Crippen LogP contribution is 2.38. The summed E-state index contributed by atoms with van der Waals surface area (Å²) in [5.41, 5.74) is 1.87. The monoisotopic (exact) mass is 851 g/mol. The SMILES string of the molecule is CC(C)Oc1cc(N2CCN(CC3CCN(c4ccc(C(=O)NC5CCC(Oc6ccc(C#N)c(Cl)c6)CC5)nn4)CC3)CC2)cc2c1C(=O)N(C1CCC(=O)NC1=O)C2=O. The Morgan fingerprint density at radius 1 is 0.902 bits per heavy atom. The fourth-order valence-electron chi connectivity index (χ4n) is 9.02. The Labute approximate surface area is 359 Å². The van der Waals surface area contributed by atoms with Crippen molar-refractivity contribution in [2.24, 2.45) is 5.92 Å². The third-order valence-electron chi connectivity index (χ3n) is 12.3. The highest BCUT2D eigenvalue weighted by atomic mass is 35.5. The summed E-state index contributed by atoms with van der Waals surface area (Å²) in [6.45, 7) is 9.53. The minimum Gasteiger partial charge on any atom is -0.490 e. The number of aromatic nitrogens is 2. The van der Waals surface area contributed by atoms with Gasteiger partial charge < -0.3 is 24.6 Å². The van der Waals surface area contributed by atoms with Gasteiger partial charge in [-0.15, -0.1) is 10.2 Å². The largest absolute Gasteiger partial charge is 0.490 e. The van der Waals surface area contributed by atoms with Crippen molar-refractivity contribution >= 4 is 52.6 Å². The van der Waals surface area contributed by atoms with E-state index in [1.807, 2.05) is 26.0 Å². The first-order chi connectivity index (χ1) is 29.4. The average molecular weight is 852 g/mol. The predicted molar refractivity (Wildman–Crippen MR) is 225 cm³/mol. The third kappa shape index (κ3) is 9.28. The molecule has 17 heteroatoms. The van der Waals surface area contributed by atoms with Gasteiger partial charge in [0.2, 0.25) is 11.8 Å². The van der Waals surface area contributed by atoms with Gasteiger partial charge in [-0.3, -0.25) is 39.1 Å². The van der Waals surface area contributed by atoms with Gasteiger partial charge in [-0.1, -0.05) is 11.6 Å². The Balaban J connectivity index is 0.786. The number of ether oxygens (including phenoxy) is 2. The molecule has 1 aliphatic carbocycles. The summed E-state index contributed by atoms with van der Waals surface area (Å²) in [4.78, 5) is 72.7. The number of nitrogens with one attached hydrogen (secondary N) is 2. The van der Waals surface area contributed by atoms with Gasteiger partial charge in [-0.25, -0.2) is 0 Å². The van der Waals surface area contributed by atoms with Crippen LogP contribution in [0.2, 0.25) is 5.02 Å². The number of imide groups is 2. The number of nitrogens with zero attached hydrogens (tertiary/aromatic N) is 7. The smallest absolute Gasteiger partial charge is 0.272 e. The van der Waals surface area contributed by atoms with E-state index in [0.717, 1.165) is 101 Å². The van der Waals surface area contributed by atoms with Crippen LogP contribution in [0.3, 0.4) is 0 Å². The highest BCUT2D eigenvalue weighted by Gasteiger charge is 2.47. The van der Waals surface area contributed by atoms with Crippen molar-refractivity contribution < 1.29 is 33.4 Å². The number of hydrogen-bond acceptors (Lipinski definition) is 13. The Morgan fingerprint density at radius 2 is 1.66 bits per heavy atom. The minimum atomic E-state index is -1.04. The second-order valence-corrected chi connectivity index (χ2v) is 17.2. The number of halogens is 1. The normalized spacial score (nSPS) is 22.5. The maximum absolute atomic E-state index is 13.7. The molecule has 4 aliphatic heterocycles. The van der Waals surface area contributed by atoms with Crippen molar-refractivity contribution in [1.82, 2.24) is 30.6 Å². The van der Waals surface area contributed by atoms with Gasteiger partial charge in [0.1, 0.15) is 23.6 Å². The standard InChI is InChI=1S/C44H50ClN9O7/c1-26(2)60-37-22-30(21-33-40(37)44(59)54(43(33)58)36-10-12-39(55)48-42(36)57)52-19-17-51(18-20-52)25-27-13-15-53(16-14-27)38-11-9-35(49-50-38)41(56)47-29-4-7-31(8-5-29)61-32-6-3-28(24-46)34(45)23-32/h3,6,9,11,21-23,26-27,29,31,36H,4-5,7-8,10,12-20,25H2,1-2H3,(H,47,56)(H,48,55,57). The molecule has 5 amide bonds. The minimum absolute atomic E-state index is 0.0128. The van der Waals surface area contributed by atoms with Crippen LogP contribution in [0.4, 0.5) is 11.5 Å². The van der Waals surface area contributed by atoms with Crippen molar-refractivity contribution in [3.05, 3.63) is 69.9 Å². The van der Waals surface area contributed by atoms with Crippen molar-refractivity contribution in [3.63, 3.8) is 0 Å². The number of nitriles is 1. The summed E-state index contributed by atoms with van der Waals surface area (Å²) in [7, 11) is 0. The van der Waals surface area contributed by atoms with Crippen molar-refractivity contribution in [2.45, 2.75) is 89.5 Å². The van der Waals surface area contributed by atoms with Crippen LogP contribution in [0.15, 0.2) is 42.5 Å². The van der Waals surface area contributed by atoms with Gasteiger partial charge in [0.15, 0.2) is 11.5 Å². The van der Waals surface area contributed by atoms with E-state index < -0.39 is 29.7 Å². The van der Waals surface area contributed by atoms with Gasteiger partial charge in [0.25, 0.3) is 17.7 Å². The third-order valence-corrected chi connectivity index (χ3v) is 12.6. The molecule has 1 saturated carbocycles. The maximum Gasteiger partial charge on any atom is 0.272 e. The quantitative estimate of drug-likeness (QED) is 0.259. The number of carbonyl (C=O) groups is 5. The van der Waals surface area contributed by atoms with E-state index in [1.165, 1.54) is 0 Å². The number of piperazine rings is 1. The first-order valence-electron chi connectivity index (χ1n) is 21.2. The zero-order valence-electron chi connectivity index (χ0n) is 34.4. The molecule has 3 aromatic rings. The maximum atomic E-state index is 13.7. The van der Waals surface area contributed by atoms with Crippen LogP contribution in [0, 0.1) is 17.2 Å². The fourth-order valence-corrected chi connectivity index (χ4v) is 9.24. The van der Waals surface area contributed by atoms with Crippen LogP contribution in [0.1, 0.15) is 102 Å². The molecule has 0 radical (unpaired) electrons. The second-order valence-electron chi connectivity index (χ2n) is 16.8. The molecule has 320 valence electrons. The predicted octanol–water partition coefficient (Wildman–Crippen LogP) is 4.35. The van der Waals surface area contributed by atoms with Crippen LogP contribution in [0.25, 0.3) is 0 Å². The number of benzene rings is 2. The van der Waals surface area contributed by atoms with Crippen molar-refractivity contribution in [2.75, 3.05) is 55.6 Å². The topological polar surface area (TPSA) is 190 Å². The molecular weight excluding hydrogens is 802 g/mol. The molecule has 4 fully saturated rings. The summed E-state index contributed by atoms with van der Waals surface area (Å²) >= 11 is 6.15. The molecule has 5 aliphatic rings. The fraction of sp³-hybridized carbons (Fsp3) is 0.500. The number of piperidine rings is 2. The Bertz CT molecular complexity index is 2220. The van der Waals surface area contributed by atoms with Gasteiger partial charge in [0.05, 0.1) is 33.9 Å². The van der Waals surface area contributed by atoms with E-state index in [0.29, 0.717) is 33.7 Å². The molecule has 1 aromatic heterocycles. The zero-order valence-corrected chi connectivity index (χ0v) is 35.2. The molecule has 3 saturated heterocycles. The molecule has 8 rings (SSSR count). The van der Waals surface area contributed by atoms with E-state index in [4.69, 9.17) is 26.3 Å². The zero-order chi connectivity index (χ0) is 42.8. The van der Waals surface area contributed by atoms with Crippen LogP contribution in [-0.4, -0.2) is 120 Å². The van der Waals surface area contributed by atoms with Gasteiger partial charge in [0, 0.05) is 76.1 Å². The lowest BCUT2D eigenvalue weighted by molar-refractivity contribution is -0.136. The highest BCUT2D eigenvalue weighted by molar-refractivity contribution is 6.31. The number of hydrogen-bond donors (Lipinski definition) is 2. The molecule has 2 aromatic carbocycles. The first-order valence-corrected chi connectivity index (χ1v) is 21.6. The number of rotatable bonds is 11. The lowest BCUT2D eigenvalue weighted by Crippen LogP contribution is -2.54. The first kappa shape index (κ1) is 41.9. The van der Waals surface area contributed by atoms with Crippen molar-refractivity contribution in [1.29, 1.82) is 5.26 Å². The molecule has 61 heavy (non-hydrogen) atoms. The van der Waals surface area contributed by atoms with Gasteiger partial charge in [-0.2, -0.15) is 5.26 Å². The lowest BCUT2D eigenvalue weighted by Gasteiger charge is -2.40. The number of carbonyl (C=O) groups excluding carboxylic acids is 5. The van der Waals surface area contributed by atoms with E-state index in [9.17, 15) is 24.0 Å². The second kappa shape index (κ2) is 18.1. The summed E-state index contributed by atoms with van der Waals surface area (Å²) in [5.74, 6) is -0.175. The Morgan fingerprint density at radius 3 is 2.31 bits per heavy atom. The van der Waals surface area contributed by atoms with Gasteiger partial charge in [-0.05, 0) is 95.0 Å². The molecule has 1 unspecified atom stereocenters. The van der Waals surface area contributed by atoms with Crippen LogP contribution >= 0.6 is 11.6 Å². The summed E-state index contributed by atoms with van der Waals surface area (Å²) in [5, 5.41) is 23.5. The number of amides is 5. The Hall–Kier alpha value is -5.79. The molecule has 0 spiro atoms. The molecule has 5 heterocycles. The van der Waals surface area contributed by atoms with Crippen molar-refractivity contribution in [3.8, 4) is 17.6 Å². The van der Waals surface area contributed by atoms with Gasteiger partial charge >= 0.3 is 0 Å².